The lowest BCUT2D eigenvalue weighted by molar-refractivity contribution is 0.0733. The highest BCUT2D eigenvalue weighted by Gasteiger charge is 2.15. The Morgan fingerprint density at radius 2 is 2.17 bits per heavy atom. The molecule has 1 heterocycles. The van der Waals surface area contributed by atoms with Crippen molar-refractivity contribution in [2.24, 2.45) is 0 Å². The fourth-order valence-electron chi connectivity index (χ4n) is 1.89. The molecule has 4 nitrogen and oxygen atoms in total. The Balaban J connectivity index is 2.75. The van der Waals surface area contributed by atoms with Crippen LogP contribution >= 0.6 is 0 Å². The molecule has 0 unspecified atom stereocenters. The van der Waals surface area contributed by atoms with Crippen molar-refractivity contribution in [1.82, 2.24) is 14.7 Å². The van der Waals surface area contributed by atoms with E-state index in [4.69, 9.17) is 5.11 Å². The van der Waals surface area contributed by atoms with Gasteiger partial charge in [-0.25, -0.2) is 8.78 Å². The molecule has 0 aliphatic carbocycles. The predicted molar refractivity (Wildman–Crippen MR) is 65.6 cm³/mol. The van der Waals surface area contributed by atoms with Gasteiger partial charge in [0.1, 0.15) is 0 Å². The van der Waals surface area contributed by atoms with Gasteiger partial charge < -0.3 is 5.11 Å². The van der Waals surface area contributed by atoms with E-state index in [2.05, 4.69) is 5.10 Å². The zero-order valence-corrected chi connectivity index (χ0v) is 10.9. The second kappa shape index (κ2) is 7.43. The third kappa shape index (κ3) is 4.34. The fraction of sp³-hybridized carbons (Fsp3) is 0.750. The maximum absolute atomic E-state index is 12.4. The fourth-order valence-corrected chi connectivity index (χ4v) is 1.89. The summed E-state index contributed by atoms with van der Waals surface area (Å²) in [6, 6.07) is 1.94. The molecule has 1 aromatic heterocycles. The molecule has 0 saturated heterocycles. The molecule has 0 spiro atoms. The van der Waals surface area contributed by atoms with E-state index in [1.165, 1.54) is 0 Å². The molecular formula is C12H21F2N3O. The molecule has 0 amide bonds. The van der Waals surface area contributed by atoms with Crippen molar-refractivity contribution in [3.63, 3.8) is 0 Å². The Bertz CT molecular complexity index is 355. The Morgan fingerprint density at radius 3 is 2.67 bits per heavy atom. The minimum Gasteiger partial charge on any atom is -0.395 e. The van der Waals surface area contributed by atoms with Crippen molar-refractivity contribution in [2.45, 2.75) is 39.8 Å². The number of nitrogens with zero attached hydrogens (tertiary/aromatic N) is 3. The summed E-state index contributed by atoms with van der Waals surface area (Å²) in [5, 5.41) is 13.3. The van der Waals surface area contributed by atoms with E-state index in [1.54, 1.807) is 4.90 Å². The van der Waals surface area contributed by atoms with Crippen molar-refractivity contribution in [3.8, 4) is 0 Å². The minimum atomic E-state index is -2.39. The number of alkyl halides is 2. The number of hydrogen-bond donors (Lipinski definition) is 1. The van der Waals surface area contributed by atoms with Crippen LogP contribution in [0.1, 0.15) is 25.2 Å². The van der Waals surface area contributed by atoms with Gasteiger partial charge in [-0.1, -0.05) is 6.92 Å². The summed E-state index contributed by atoms with van der Waals surface area (Å²) >= 11 is 0. The molecule has 104 valence electrons. The molecule has 0 aliphatic rings. The SMILES string of the molecule is CCc1cc(CN(CCO)CC(F)F)n(CC)n1. The summed E-state index contributed by atoms with van der Waals surface area (Å²) in [6.45, 7) is 4.91. The van der Waals surface area contributed by atoms with E-state index >= 15 is 0 Å². The van der Waals surface area contributed by atoms with E-state index in [0.29, 0.717) is 6.54 Å². The third-order valence-electron chi connectivity index (χ3n) is 2.77. The smallest absolute Gasteiger partial charge is 0.251 e. The van der Waals surface area contributed by atoms with Crippen LogP contribution in [0.3, 0.4) is 0 Å². The lowest BCUT2D eigenvalue weighted by atomic mass is 10.3. The van der Waals surface area contributed by atoms with Crippen molar-refractivity contribution in [2.75, 3.05) is 19.7 Å². The minimum absolute atomic E-state index is 0.117. The first kappa shape index (κ1) is 15.0. The number of aliphatic hydroxyl groups is 1. The highest BCUT2D eigenvalue weighted by Crippen LogP contribution is 2.10. The van der Waals surface area contributed by atoms with Crippen LogP contribution in [-0.2, 0) is 19.5 Å². The number of halogens is 2. The van der Waals surface area contributed by atoms with Crippen LogP contribution in [0.5, 0.6) is 0 Å². The van der Waals surface area contributed by atoms with Crippen LogP contribution in [-0.4, -0.2) is 45.9 Å². The molecule has 0 bridgehead atoms. The lowest BCUT2D eigenvalue weighted by Gasteiger charge is -2.20. The van der Waals surface area contributed by atoms with Crippen molar-refractivity contribution in [3.05, 3.63) is 17.5 Å². The molecule has 1 aromatic rings. The Kier molecular flexibility index (Phi) is 6.21. The first-order valence-electron chi connectivity index (χ1n) is 6.27. The molecule has 0 aromatic carbocycles. The van der Waals surface area contributed by atoms with Crippen molar-refractivity contribution < 1.29 is 13.9 Å². The van der Waals surface area contributed by atoms with Gasteiger partial charge in [0.25, 0.3) is 6.43 Å². The topological polar surface area (TPSA) is 41.3 Å². The molecule has 18 heavy (non-hydrogen) atoms. The van der Waals surface area contributed by atoms with E-state index in [9.17, 15) is 8.78 Å². The van der Waals surface area contributed by atoms with Crippen molar-refractivity contribution in [1.29, 1.82) is 0 Å². The second-order valence-corrected chi connectivity index (χ2v) is 4.15. The largest absolute Gasteiger partial charge is 0.395 e. The molecular weight excluding hydrogens is 240 g/mol. The van der Waals surface area contributed by atoms with Crippen LogP contribution in [0.15, 0.2) is 6.07 Å². The molecule has 6 heteroatoms. The van der Waals surface area contributed by atoms with Gasteiger partial charge in [0.05, 0.1) is 24.5 Å². The first-order chi connectivity index (χ1) is 8.60. The van der Waals surface area contributed by atoms with Gasteiger partial charge in [0, 0.05) is 19.6 Å². The van der Waals surface area contributed by atoms with E-state index in [1.807, 2.05) is 24.6 Å². The average molecular weight is 261 g/mol. The molecule has 0 saturated carbocycles. The second-order valence-electron chi connectivity index (χ2n) is 4.15. The molecule has 0 radical (unpaired) electrons. The van der Waals surface area contributed by atoms with Gasteiger partial charge in [0.2, 0.25) is 0 Å². The zero-order valence-electron chi connectivity index (χ0n) is 10.9. The Labute approximate surface area is 106 Å². The zero-order chi connectivity index (χ0) is 13.5. The maximum Gasteiger partial charge on any atom is 0.251 e. The summed E-state index contributed by atoms with van der Waals surface area (Å²) in [5.74, 6) is 0. The van der Waals surface area contributed by atoms with Crippen LogP contribution in [0.4, 0.5) is 8.78 Å². The quantitative estimate of drug-likeness (QED) is 0.771. The van der Waals surface area contributed by atoms with Gasteiger partial charge in [-0.2, -0.15) is 5.10 Å². The Morgan fingerprint density at radius 1 is 1.44 bits per heavy atom. The summed E-state index contributed by atoms with van der Waals surface area (Å²) in [4.78, 5) is 1.55. The maximum atomic E-state index is 12.4. The van der Waals surface area contributed by atoms with Crippen molar-refractivity contribution >= 4 is 0 Å². The van der Waals surface area contributed by atoms with E-state index < -0.39 is 6.43 Å². The Hall–Kier alpha value is -1.01. The summed E-state index contributed by atoms with van der Waals surface area (Å²) < 4.78 is 26.7. The normalized spacial score (nSPS) is 11.7. The van der Waals surface area contributed by atoms with Gasteiger partial charge >= 0.3 is 0 Å². The van der Waals surface area contributed by atoms with Gasteiger partial charge in [-0.15, -0.1) is 0 Å². The standard InChI is InChI=1S/C12H21F2N3O/c1-3-10-7-11(17(4-2)15-10)8-16(5-6-18)9-12(13)14/h7,12,18H,3-6,8-9H2,1-2H3. The van der Waals surface area contributed by atoms with Gasteiger partial charge in [-0.3, -0.25) is 9.58 Å². The highest BCUT2D eigenvalue weighted by molar-refractivity contribution is 5.10. The third-order valence-corrected chi connectivity index (χ3v) is 2.77. The number of rotatable bonds is 8. The average Bonchev–Trinajstić information content (AvgIpc) is 2.71. The summed E-state index contributed by atoms with van der Waals surface area (Å²) in [7, 11) is 0. The number of aryl methyl sites for hydroxylation is 2. The molecule has 0 atom stereocenters. The lowest BCUT2D eigenvalue weighted by Crippen LogP contribution is -2.32. The number of hydrogen-bond acceptors (Lipinski definition) is 3. The predicted octanol–water partition coefficient (Wildman–Crippen LogP) is 1.52. The summed E-state index contributed by atoms with van der Waals surface area (Å²) in [6.07, 6.45) is -1.56. The van der Waals surface area contributed by atoms with Crippen LogP contribution < -0.4 is 0 Å². The molecule has 0 fully saturated rings. The van der Waals surface area contributed by atoms with E-state index in [0.717, 1.165) is 24.4 Å². The van der Waals surface area contributed by atoms with Gasteiger partial charge in [-0.05, 0) is 19.4 Å². The van der Waals surface area contributed by atoms with Crippen LogP contribution in [0.25, 0.3) is 0 Å². The molecule has 1 N–H and O–H groups in total. The first-order valence-corrected chi connectivity index (χ1v) is 6.27. The number of aliphatic hydroxyl groups excluding tert-OH is 1. The number of aromatic nitrogens is 2. The van der Waals surface area contributed by atoms with Gasteiger partial charge in [0.15, 0.2) is 0 Å². The summed E-state index contributed by atoms with van der Waals surface area (Å²) in [5.41, 5.74) is 1.89. The van der Waals surface area contributed by atoms with Crippen LogP contribution in [0, 0.1) is 0 Å². The molecule has 1 rings (SSSR count). The van der Waals surface area contributed by atoms with E-state index in [-0.39, 0.29) is 19.7 Å². The highest BCUT2D eigenvalue weighted by atomic mass is 19.3. The van der Waals surface area contributed by atoms with Crippen LogP contribution in [0.2, 0.25) is 0 Å². The monoisotopic (exact) mass is 261 g/mol. The molecule has 0 aliphatic heterocycles.